The summed E-state index contributed by atoms with van der Waals surface area (Å²) in [6.45, 7) is 12.2. The van der Waals surface area contributed by atoms with Crippen molar-refractivity contribution in [1.82, 2.24) is 0 Å². The molecular weight excluding hydrogens is 204 g/mol. The van der Waals surface area contributed by atoms with E-state index < -0.39 is 0 Å². The van der Waals surface area contributed by atoms with Gasteiger partial charge in [0.15, 0.2) is 0 Å². The van der Waals surface area contributed by atoms with Gasteiger partial charge in [0.1, 0.15) is 0 Å². The highest BCUT2D eigenvalue weighted by Crippen LogP contribution is 2.14. The van der Waals surface area contributed by atoms with Crippen molar-refractivity contribution in [2.45, 2.75) is 41.5 Å². The van der Waals surface area contributed by atoms with Crippen LogP contribution in [0.1, 0.15) is 38.8 Å². The molecule has 1 aromatic rings. The third-order valence-corrected chi connectivity index (χ3v) is 2.94. The monoisotopic (exact) mass is 224 g/mol. The second kappa shape index (κ2) is 6.68. The minimum absolute atomic E-state index is 0.888. The van der Waals surface area contributed by atoms with Gasteiger partial charge in [-0.25, -0.2) is 0 Å². The van der Waals surface area contributed by atoms with Crippen molar-refractivity contribution in [2.24, 2.45) is 0 Å². The van der Waals surface area contributed by atoms with Crippen LogP contribution in [0.2, 0.25) is 5.02 Å². The minimum atomic E-state index is 0.888. The van der Waals surface area contributed by atoms with Gasteiger partial charge < -0.3 is 0 Å². The summed E-state index contributed by atoms with van der Waals surface area (Å²) in [5.41, 5.74) is 2.33. The maximum atomic E-state index is 6.16. The maximum Gasteiger partial charge on any atom is 0.0470 e. The van der Waals surface area contributed by atoms with Crippen LogP contribution in [0, 0.1) is 13.8 Å². The molecule has 0 aliphatic heterocycles. The van der Waals surface area contributed by atoms with Gasteiger partial charge in [0.2, 0.25) is 0 Å². The number of rotatable bonds is 0. The first-order chi connectivity index (χ1) is 7.11. The van der Waals surface area contributed by atoms with Gasteiger partial charge in [-0.15, -0.1) is 0 Å². The van der Waals surface area contributed by atoms with E-state index >= 15 is 0 Å². The zero-order chi connectivity index (χ0) is 12.0. The topological polar surface area (TPSA) is 0 Å². The maximum absolute atomic E-state index is 6.16. The SMILES string of the molecule is C/C=c1/cc(C)c(Cl)c(C)/c1=C/C.CC. The Hall–Kier alpha value is -0.750. The molecule has 0 fully saturated rings. The molecule has 0 saturated carbocycles. The van der Waals surface area contributed by atoms with Crippen molar-refractivity contribution in [3.05, 3.63) is 32.7 Å². The van der Waals surface area contributed by atoms with Gasteiger partial charge >= 0.3 is 0 Å². The van der Waals surface area contributed by atoms with Gasteiger partial charge in [-0.3, -0.25) is 0 Å². The summed E-state index contributed by atoms with van der Waals surface area (Å²) in [6.07, 6.45) is 4.22. The molecule has 0 N–H and O–H groups in total. The Labute approximate surface area is 98.3 Å². The first-order valence-electron chi connectivity index (χ1n) is 5.50. The van der Waals surface area contributed by atoms with E-state index in [9.17, 15) is 0 Å². The molecule has 0 amide bonds. The fourth-order valence-corrected chi connectivity index (χ4v) is 1.78. The standard InChI is InChI=1S/C12H15Cl.C2H6/c1-5-10-7-8(3)12(13)9(4)11(10)6-2;1-2/h5-7H,1-4H3;1-2H3/b10-5-,11-6-;. The molecule has 0 aliphatic carbocycles. The lowest BCUT2D eigenvalue weighted by molar-refractivity contribution is 1.30. The fourth-order valence-electron chi connectivity index (χ4n) is 1.63. The molecule has 0 radical (unpaired) electrons. The van der Waals surface area contributed by atoms with Gasteiger partial charge in [-0.05, 0) is 49.3 Å². The fraction of sp³-hybridized carbons (Fsp3) is 0.429. The smallest absolute Gasteiger partial charge is 0.0470 e. The minimum Gasteiger partial charge on any atom is -0.0837 e. The van der Waals surface area contributed by atoms with E-state index in [2.05, 4.69) is 32.1 Å². The summed E-state index contributed by atoms with van der Waals surface area (Å²) >= 11 is 6.16. The highest BCUT2D eigenvalue weighted by atomic mass is 35.5. The Morgan fingerprint density at radius 1 is 1.07 bits per heavy atom. The van der Waals surface area contributed by atoms with E-state index in [1.165, 1.54) is 16.0 Å². The summed E-state index contributed by atoms with van der Waals surface area (Å²) < 4.78 is 0. The molecule has 0 aromatic heterocycles. The Kier molecular flexibility index (Phi) is 6.35. The summed E-state index contributed by atoms with van der Waals surface area (Å²) in [5, 5.41) is 3.40. The van der Waals surface area contributed by atoms with Crippen molar-refractivity contribution in [3.63, 3.8) is 0 Å². The summed E-state index contributed by atoms with van der Waals surface area (Å²) in [5.74, 6) is 0. The summed E-state index contributed by atoms with van der Waals surface area (Å²) in [6, 6.07) is 2.13. The molecular formula is C14H21Cl. The zero-order valence-corrected chi connectivity index (χ0v) is 11.4. The molecule has 0 heterocycles. The highest BCUT2D eigenvalue weighted by Gasteiger charge is 2.00. The molecule has 1 aromatic carbocycles. The highest BCUT2D eigenvalue weighted by molar-refractivity contribution is 6.32. The zero-order valence-electron chi connectivity index (χ0n) is 10.6. The van der Waals surface area contributed by atoms with Gasteiger partial charge in [0.05, 0.1) is 0 Å². The average molecular weight is 225 g/mol. The lowest BCUT2D eigenvalue weighted by Gasteiger charge is -2.03. The molecule has 1 rings (SSSR count). The normalized spacial score (nSPS) is 12.5. The average Bonchev–Trinajstić information content (AvgIpc) is 2.28. The van der Waals surface area contributed by atoms with Crippen molar-refractivity contribution >= 4 is 23.8 Å². The third-order valence-electron chi connectivity index (χ3n) is 2.36. The Balaban J connectivity index is 0.000000921. The van der Waals surface area contributed by atoms with E-state index in [1.807, 2.05) is 27.7 Å². The molecule has 15 heavy (non-hydrogen) atoms. The quantitative estimate of drug-likeness (QED) is 0.632. The van der Waals surface area contributed by atoms with Crippen molar-refractivity contribution in [3.8, 4) is 0 Å². The second-order valence-corrected chi connectivity index (χ2v) is 3.59. The van der Waals surface area contributed by atoms with E-state index in [0.717, 1.165) is 10.6 Å². The van der Waals surface area contributed by atoms with Crippen molar-refractivity contribution in [1.29, 1.82) is 0 Å². The van der Waals surface area contributed by atoms with Gasteiger partial charge in [-0.1, -0.05) is 43.7 Å². The molecule has 0 saturated heterocycles. The Morgan fingerprint density at radius 3 is 2.00 bits per heavy atom. The first-order valence-corrected chi connectivity index (χ1v) is 5.88. The Morgan fingerprint density at radius 2 is 1.60 bits per heavy atom. The van der Waals surface area contributed by atoms with Crippen LogP contribution >= 0.6 is 11.6 Å². The van der Waals surface area contributed by atoms with E-state index in [-0.39, 0.29) is 0 Å². The van der Waals surface area contributed by atoms with Gasteiger partial charge in [0, 0.05) is 5.02 Å². The summed E-state index contributed by atoms with van der Waals surface area (Å²) in [4.78, 5) is 0. The number of hydrogen-bond donors (Lipinski definition) is 0. The lowest BCUT2D eigenvalue weighted by Crippen LogP contribution is -2.27. The number of aryl methyl sites for hydroxylation is 1. The van der Waals surface area contributed by atoms with Crippen molar-refractivity contribution in [2.75, 3.05) is 0 Å². The lowest BCUT2D eigenvalue weighted by atomic mass is 10.1. The largest absolute Gasteiger partial charge is 0.0837 e. The van der Waals surface area contributed by atoms with E-state index in [4.69, 9.17) is 11.6 Å². The van der Waals surface area contributed by atoms with Gasteiger partial charge in [-0.2, -0.15) is 0 Å². The van der Waals surface area contributed by atoms with Crippen LogP contribution in [0.25, 0.3) is 12.2 Å². The second-order valence-electron chi connectivity index (χ2n) is 3.21. The third kappa shape index (κ3) is 3.10. The van der Waals surface area contributed by atoms with Gasteiger partial charge in [0.25, 0.3) is 0 Å². The van der Waals surface area contributed by atoms with E-state index in [1.54, 1.807) is 0 Å². The first kappa shape index (κ1) is 14.2. The summed E-state index contributed by atoms with van der Waals surface area (Å²) in [7, 11) is 0. The molecule has 1 heteroatoms. The van der Waals surface area contributed by atoms with Crippen LogP contribution in [0.3, 0.4) is 0 Å². The molecule has 0 aliphatic rings. The van der Waals surface area contributed by atoms with Crippen LogP contribution in [0.5, 0.6) is 0 Å². The number of halogens is 1. The molecule has 0 unspecified atom stereocenters. The molecule has 0 atom stereocenters. The predicted molar refractivity (Wildman–Crippen MR) is 71.8 cm³/mol. The van der Waals surface area contributed by atoms with Crippen LogP contribution < -0.4 is 10.4 Å². The number of benzene rings is 1. The molecule has 84 valence electrons. The van der Waals surface area contributed by atoms with Crippen LogP contribution in [0.15, 0.2) is 6.07 Å². The van der Waals surface area contributed by atoms with Crippen molar-refractivity contribution < 1.29 is 0 Å². The van der Waals surface area contributed by atoms with E-state index in [0.29, 0.717) is 0 Å². The van der Waals surface area contributed by atoms with Crippen LogP contribution in [0.4, 0.5) is 0 Å². The number of hydrogen-bond acceptors (Lipinski definition) is 0. The molecule has 0 bridgehead atoms. The van der Waals surface area contributed by atoms with Crippen LogP contribution in [-0.4, -0.2) is 0 Å². The molecule has 0 spiro atoms. The van der Waals surface area contributed by atoms with Crippen LogP contribution in [-0.2, 0) is 0 Å². The molecule has 0 nitrogen and oxygen atoms in total. The predicted octanol–water partition coefficient (Wildman–Crippen LogP) is 3.58. The Bertz CT molecular complexity index is 428.